The second kappa shape index (κ2) is 7.90. The molecule has 0 saturated carbocycles. The van der Waals surface area contributed by atoms with E-state index >= 15 is 0 Å². The molecule has 0 aliphatic rings. The van der Waals surface area contributed by atoms with Crippen molar-refractivity contribution in [3.63, 3.8) is 0 Å². The van der Waals surface area contributed by atoms with Gasteiger partial charge in [0.15, 0.2) is 0 Å². The first-order valence-electron chi connectivity index (χ1n) is 11.9. The Kier molecular flexibility index (Phi) is 5.35. The fourth-order valence-electron chi connectivity index (χ4n) is 4.57. The van der Waals surface area contributed by atoms with Gasteiger partial charge in [-0.2, -0.15) is 0 Å². The minimum absolute atomic E-state index is 0.0911. The third-order valence-electron chi connectivity index (χ3n) is 6.62. The Morgan fingerprint density at radius 1 is 0.588 bits per heavy atom. The highest BCUT2D eigenvalue weighted by Gasteiger charge is 2.19. The zero-order chi connectivity index (χ0) is 24.4. The van der Waals surface area contributed by atoms with E-state index < -0.39 is 8.16 Å². The fraction of sp³-hybridized carbons (Fsp3) is 0.333. The summed E-state index contributed by atoms with van der Waals surface area (Å²) in [5.74, 6) is 0. The molecule has 1 heterocycles. The highest BCUT2D eigenvalue weighted by molar-refractivity contribution is 7.38. The summed E-state index contributed by atoms with van der Waals surface area (Å²) in [4.78, 5) is 0. The lowest BCUT2D eigenvalue weighted by Crippen LogP contribution is -2.10. The van der Waals surface area contributed by atoms with Crippen molar-refractivity contribution in [1.82, 2.24) is 0 Å². The molecule has 5 rings (SSSR count). The summed E-state index contributed by atoms with van der Waals surface area (Å²) in [7, 11) is 2.75. The summed E-state index contributed by atoms with van der Waals surface area (Å²) >= 11 is 0. The third kappa shape index (κ3) is 3.91. The van der Waals surface area contributed by atoms with Crippen molar-refractivity contribution in [2.45, 2.75) is 52.4 Å². The van der Waals surface area contributed by atoms with Gasteiger partial charge in [0.2, 0.25) is 0 Å². The van der Waals surface area contributed by atoms with Gasteiger partial charge >= 0.3 is 8.16 Å². The minimum atomic E-state index is -1.26. The van der Waals surface area contributed by atoms with Gasteiger partial charge in [-0.15, -0.1) is 0 Å². The van der Waals surface area contributed by atoms with Crippen LogP contribution >= 0.6 is 8.16 Å². The number of rotatable bonds is 1. The van der Waals surface area contributed by atoms with E-state index in [2.05, 4.69) is 102 Å². The molecular formula is C30H34NO2P. The molecule has 4 aromatic carbocycles. The van der Waals surface area contributed by atoms with Gasteiger partial charge in [-0.05, 0) is 55.6 Å². The van der Waals surface area contributed by atoms with E-state index in [1.807, 2.05) is 18.8 Å². The van der Waals surface area contributed by atoms with Crippen molar-refractivity contribution in [2.24, 2.45) is 0 Å². The Labute approximate surface area is 203 Å². The van der Waals surface area contributed by atoms with E-state index in [1.54, 1.807) is 0 Å². The summed E-state index contributed by atoms with van der Waals surface area (Å²) in [6, 6.07) is 22.3. The highest BCUT2D eigenvalue weighted by Crippen LogP contribution is 2.42. The molecule has 0 unspecified atom stereocenters. The van der Waals surface area contributed by atoms with E-state index in [1.165, 1.54) is 32.7 Å². The van der Waals surface area contributed by atoms with Crippen LogP contribution in [0.2, 0.25) is 0 Å². The third-order valence-corrected chi connectivity index (χ3v) is 7.98. The Morgan fingerprint density at radius 3 is 1.35 bits per heavy atom. The number of nitrogens with zero attached hydrogens (tertiary/aromatic N) is 1. The van der Waals surface area contributed by atoms with Gasteiger partial charge in [0.25, 0.3) is 0 Å². The Morgan fingerprint density at radius 2 is 1.00 bits per heavy atom. The van der Waals surface area contributed by atoms with Crippen LogP contribution in [0.25, 0.3) is 43.5 Å². The molecule has 0 atom stereocenters. The molecule has 0 bridgehead atoms. The van der Waals surface area contributed by atoms with Crippen LogP contribution < -0.4 is 4.67 Å². The molecule has 5 aromatic rings. The summed E-state index contributed by atoms with van der Waals surface area (Å²) in [5.41, 5.74) is 4.59. The van der Waals surface area contributed by atoms with Crippen LogP contribution in [-0.2, 0) is 10.8 Å². The van der Waals surface area contributed by atoms with E-state index in [-0.39, 0.29) is 10.8 Å². The monoisotopic (exact) mass is 471 g/mol. The highest BCUT2D eigenvalue weighted by atomic mass is 31.1. The van der Waals surface area contributed by atoms with Crippen LogP contribution in [0.5, 0.6) is 0 Å². The Bertz CT molecular complexity index is 1480. The van der Waals surface area contributed by atoms with E-state index in [0.717, 1.165) is 21.9 Å². The van der Waals surface area contributed by atoms with Crippen molar-refractivity contribution in [2.75, 3.05) is 18.8 Å². The van der Waals surface area contributed by atoms with Gasteiger partial charge in [-0.25, -0.2) is 4.67 Å². The summed E-state index contributed by atoms with van der Waals surface area (Å²) < 4.78 is 15.0. The second-order valence-corrected chi connectivity index (χ2v) is 13.2. The molecular weight excluding hydrogens is 437 g/mol. The van der Waals surface area contributed by atoms with Crippen LogP contribution in [-0.4, -0.2) is 14.1 Å². The van der Waals surface area contributed by atoms with Crippen LogP contribution in [0.3, 0.4) is 0 Å². The van der Waals surface area contributed by atoms with Gasteiger partial charge in [-0.1, -0.05) is 90.1 Å². The minimum Gasteiger partial charge on any atom is -0.408 e. The molecule has 0 aliphatic heterocycles. The summed E-state index contributed by atoms with van der Waals surface area (Å²) in [6.45, 7) is 13.6. The van der Waals surface area contributed by atoms with Gasteiger partial charge < -0.3 is 8.39 Å². The smallest absolute Gasteiger partial charge is 0.309 e. The van der Waals surface area contributed by atoms with Crippen molar-refractivity contribution in [3.8, 4) is 0 Å². The van der Waals surface area contributed by atoms with E-state index in [0.29, 0.717) is 0 Å². The van der Waals surface area contributed by atoms with Gasteiger partial charge in [0.05, 0.1) is 0 Å². The lowest BCUT2D eigenvalue weighted by molar-refractivity contribution is 0.591. The SMILES string of the molecule is CN(C)p1oc2ccc3cc(C(C)(C)C)ccc3c2c2c(ccc3cc(C(C)(C)C)ccc32)o1. The number of hydrogen-bond acceptors (Lipinski definition) is 3. The Hall–Kier alpha value is -2.74. The van der Waals surface area contributed by atoms with Gasteiger partial charge in [-0.3, -0.25) is 0 Å². The molecule has 0 radical (unpaired) electrons. The van der Waals surface area contributed by atoms with E-state index in [4.69, 9.17) is 8.39 Å². The standard InChI is InChI=1S/C30H34NO2P/c1-29(2,3)21-11-13-23-19(17-21)9-15-25-27(23)28-24-14-12-22(30(4,5)6)18-20(24)10-16-26(28)33-34(32-25)31(7)8/h9-18H,1-8H3. The molecule has 4 heteroatoms. The predicted molar refractivity (Wildman–Crippen MR) is 149 cm³/mol. The maximum Gasteiger partial charge on any atom is 0.309 e. The maximum absolute atomic E-state index is 6.50. The maximum atomic E-state index is 6.50. The van der Waals surface area contributed by atoms with Crippen LogP contribution in [0.1, 0.15) is 52.7 Å². The van der Waals surface area contributed by atoms with Crippen LogP contribution in [0, 0.1) is 0 Å². The van der Waals surface area contributed by atoms with Crippen LogP contribution in [0.4, 0.5) is 0 Å². The molecule has 0 aliphatic carbocycles. The lowest BCUT2D eigenvalue weighted by Gasteiger charge is -2.20. The first-order valence-corrected chi connectivity index (χ1v) is 13.0. The quantitative estimate of drug-likeness (QED) is 0.244. The van der Waals surface area contributed by atoms with E-state index in [9.17, 15) is 0 Å². The molecule has 3 nitrogen and oxygen atoms in total. The molecule has 0 N–H and O–H groups in total. The van der Waals surface area contributed by atoms with Crippen molar-refractivity contribution < 1.29 is 8.39 Å². The van der Waals surface area contributed by atoms with Crippen molar-refractivity contribution >= 4 is 51.6 Å². The summed E-state index contributed by atoms with van der Waals surface area (Å²) in [6.07, 6.45) is 0. The zero-order valence-electron chi connectivity index (χ0n) is 21.5. The average molecular weight is 472 g/mol. The Balaban J connectivity index is 2.01. The largest absolute Gasteiger partial charge is 0.408 e. The molecule has 0 fully saturated rings. The van der Waals surface area contributed by atoms with Crippen molar-refractivity contribution in [3.05, 3.63) is 71.8 Å². The number of fused-ring (bicyclic) bond motifs is 7. The fourth-order valence-corrected chi connectivity index (χ4v) is 5.58. The average Bonchev–Trinajstić information content (AvgIpc) is 2.94. The second-order valence-electron chi connectivity index (χ2n) is 11.5. The number of hydrogen-bond donors (Lipinski definition) is 0. The first kappa shape index (κ1) is 23.0. The molecule has 0 amide bonds. The normalized spacial score (nSPS) is 13.0. The molecule has 176 valence electrons. The molecule has 1 aromatic heterocycles. The van der Waals surface area contributed by atoms with Crippen LogP contribution in [0.15, 0.2) is 69.1 Å². The topological polar surface area (TPSA) is 29.5 Å². The van der Waals surface area contributed by atoms with Gasteiger partial charge in [0.1, 0.15) is 11.2 Å². The molecule has 34 heavy (non-hydrogen) atoms. The number of benzene rings is 4. The predicted octanol–water partition coefficient (Wildman–Crippen LogP) is 9.39. The first-order chi connectivity index (χ1) is 15.9. The molecule has 0 saturated heterocycles. The van der Waals surface area contributed by atoms with Crippen molar-refractivity contribution in [1.29, 1.82) is 0 Å². The lowest BCUT2D eigenvalue weighted by atomic mass is 9.84. The van der Waals surface area contributed by atoms with Gasteiger partial charge in [0, 0.05) is 24.9 Å². The zero-order valence-corrected chi connectivity index (χ0v) is 22.4. The summed E-state index contributed by atoms with van der Waals surface area (Å²) in [5, 5.41) is 7.07. The molecule has 0 spiro atoms.